The number of amides is 1. The van der Waals surface area contributed by atoms with E-state index >= 15 is 0 Å². The number of carbonyl (C=O) groups is 2. The minimum atomic E-state index is -0.367. The number of esters is 1. The molecule has 2 aromatic carbocycles. The maximum atomic E-state index is 11.9. The zero-order chi connectivity index (χ0) is 16.8. The van der Waals surface area contributed by atoms with Crippen molar-refractivity contribution < 1.29 is 14.3 Å². The third kappa shape index (κ3) is 5.62. The van der Waals surface area contributed by atoms with E-state index in [1.165, 1.54) is 18.7 Å². The molecular weight excluding hydrogens is 334 g/mol. The van der Waals surface area contributed by atoms with Crippen LogP contribution in [0.3, 0.4) is 0 Å². The second-order valence-electron chi connectivity index (χ2n) is 4.90. The Balaban J connectivity index is 1.89. The van der Waals surface area contributed by atoms with Gasteiger partial charge in [-0.15, -0.1) is 11.8 Å². The molecule has 1 N–H and O–H groups in total. The van der Waals surface area contributed by atoms with E-state index in [2.05, 4.69) is 5.32 Å². The van der Waals surface area contributed by atoms with Gasteiger partial charge in [-0.3, -0.25) is 9.59 Å². The number of aryl methyl sites for hydroxylation is 1. The summed E-state index contributed by atoms with van der Waals surface area (Å²) in [4.78, 5) is 23.8. The maximum Gasteiger partial charge on any atom is 0.321 e. The van der Waals surface area contributed by atoms with Gasteiger partial charge in [-0.2, -0.15) is 0 Å². The summed E-state index contributed by atoms with van der Waals surface area (Å²) in [7, 11) is 0. The summed E-state index contributed by atoms with van der Waals surface area (Å²) in [5.41, 5.74) is 1.69. The van der Waals surface area contributed by atoms with Crippen LogP contribution in [-0.4, -0.2) is 17.6 Å². The molecular formula is C17H16ClNO3S. The van der Waals surface area contributed by atoms with Gasteiger partial charge in [0.1, 0.15) is 5.75 Å². The Morgan fingerprint density at radius 3 is 2.52 bits per heavy atom. The normalized spacial score (nSPS) is 10.2. The van der Waals surface area contributed by atoms with E-state index in [0.29, 0.717) is 10.8 Å². The molecule has 0 aliphatic heterocycles. The molecule has 0 aromatic heterocycles. The summed E-state index contributed by atoms with van der Waals surface area (Å²) in [6, 6.07) is 12.5. The van der Waals surface area contributed by atoms with E-state index in [9.17, 15) is 9.59 Å². The largest absolute Gasteiger partial charge is 0.424 e. The highest BCUT2D eigenvalue weighted by Gasteiger charge is 2.09. The van der Waals surface area contributed by atoms with Gasteiger partial charge >= 0.3 is 5.97 Å². The molecule has 0 saturated carbocycles. The lowest BCUT2D eigenvalue weighted by molar-refractivity contribution is -0.131. The van der Waals surface area contributed by atoms with Crippen LogP contribution in [0.4, 0.5) is 5.69 Å². The van der Waals surface area contributed by atoms with Crippen LogP contribution in [0.5, 0.6) is 5.75 Å². The average molecular weight is 350 g/mol. The highest BCUT2D eigenvalue weighted by molar-refractivity contribution is 8.00. The van der Waals surface area contributed by atoms with Gasteiger partial charge in [0, 0.05) is 17.5 Å². The molecule has 0 bridgehead atoms. The van der Waals surface area contributed by atoms with Crippen molar-refractivity contribution in [3.63, 3.8) is 0 Å². The summed E-state index contributed by atoms with van der Waals surface area (Å²) in [6.07, 6.45) is 0. The molecule has 0 spiro atoms. The molecule has 0 unspecified atom stereocenters. The van der Waals surface area contributed by atoms with Crippen LogP contribution >= 0.6 is 23.4 Å². The number of ether oxygens (including phenoxy) is 1. The van der Waals surface area contributed by atoms with Crippen LogP contribution in [0.1, 0.15) is 12.5 Å². The quantitative estimate of drug-likeness (QED) is 0.496. The van der Waals surface area contributed by atoms with Crippen molar-refractivity contribution in [2.24, 2.45) is 0 Å². The fourth-order valence-corrected chi connectivity index (χ4v) is 2.65. The van der Waals surface area contributed by atoms with Crippen LogP contribution in [0.2, 0.25) is 5.02 Å². The second-order valence-corrected chi connectivity index (χ2v) is 6.36. The van der Waals surface area contributed by atoms with Gasteiger partial charge in [0.25, 0.3) is 0 Å². The van der Waals surface area contributed by atoms with Crippen LogP contribution in [0.25, 0.3) is 0 Å². The summed E-state index contributed by atoms with van der Waals surface area (Å²) in [6.45, 7) is 3.36. The number of nitrogens with one attached hydrogen (secondary N) is 1. The fourth-order valence-electron chi connectivity index (χ4n) is 1.82. The molecule has 0 aliphatic rings. The standard InChI is InChI=1S/C17H16ClNO3S/c1-11-3-8-15(18)16(9-11)22-17(21)10-23-14-6-4-13(5-7-14)19-12(2)20/h3-9H,10H2,1-2H3,(H,19,20). The topological polar surface area (TPSA) is 55.4 Å². The van der Waals surface area contributed by atoms with Gasteiger partial charge in [-0.1, -0.05) is 17.7 Å². The van der Waals surface area contributed by atoms with E-state index in [-0.39, 0.29) is 17.6 Å². The van der Waals surface area contributed by atoms with Crippen molar-refractivity contribution in [2.75, 3.05) is 11.1 Å². The number of benzene rings is 2. The van der Waals surface area contributed by atoms with Crippen LogP contribution in [0.15, 0.2) is 47.4 Å². The summed E-state index contributed by atoms with van der Waals surface area (Å²) >= 11 is 7.35. The lowest BCUT2D eigenvalue weighted by atomic mass is 10.2. The van der Waals surface area contributed by atoms with Gasteiger partial charge in [0.15, 0.2) is 0 Å². The Morgan fingerprint density at radius 1 is 1.17 bits per heavy atom. The molecule has 0 fully saturated rings. The molecule has 6 heteroatoms. The lowest BCUT2D eigenvalue weighted by Gasteiger charge is -2.07. The predicted molar refractivity (Wildman–Crippen MR) is 93.3 cm³/mol. The van der Waals surface area contributed by atoms with Crippen molar-refractivity contribution in [3.05, 3.63) is 53.1 Å². The van der Waals surface area contributed by atoms with Gasteiger partial charge in [-0.25, -0.2) is 0 Å². The van der Waals surface area contributed by atoms with E-state index < -0.39 is 0 Å². The summed E-state index contributed by atoms with van der Waals surface area (Å²) in [5, 5.41) is 3.10. The average Bonchev–Trinajstić information content (AvgIpc) is 2.50. The first-order valence-electron chi connectivity index (χ1n) is 6.91. The number of rotatable bonds is 5. The zero-order valence-corrected chi connectivity index (χ0v) is 14.3. The van der Waals surface area contributed by atoms with Crippen LogP contribution in [0, 0.1) is 6.92 Å². The van der Waals surface area contributed by atoms with Gasteiger partial charge in [0.05, 0.1) is 10.8 Å². The number of thioether (sulfide) groups is 1. The smallest absolute Gasteiger partial charge is 0.321 e. The second kappa shape index (κ2) is 8.04. The van der Waals surface area contributed by atoms with E-state index in [4.69, 9.17) is 16.3 Å². The van der Waals surface area contributed by atoms with Gasteiger partial charge in [0.2, 0.25) is 5.91 Å². The van der Waals surface area contributed by atoms with Crippen molar-refractivity contribution in [2.45, 2.75) is 18.7 Å². The number of hydrogen-bond acceptors (Lipinski definition) is 4. The highest BCUT2D eigenvalue weighted by Crippen LogP contribution is 2.26. The molecule has 4 nitrogen and oxygen atoms in total. The van der Waals surface area contributed by atoms with E-state index in [1.54, 1.807) is 24.3 Å². The third-order valence-electron chi connectivity index (χ3n) is 2.84. The Hall–Kier alpha value is -1.98. The molecule has 0 radical (unpaired) electrons. The van der Waals surface area contributed by atoms with Crippen LogP contribution < -0.4 is 10.1 Å². The Bertz CT molecular complexity index is 716. The van der Waals surface area contributed by atoms with Gasteiger partial charge < -0.3 is 10.1 Å². The molecule has 23 heavy (non-hydrogen) atoms. The van der Waals surface area contributed by atoms with Crippen molar-refractivity contribution in [1.82, 2.24) is 0 Å². The Morgan fingerprint density at radius 2 is 1.87 bits per heavy atom. The Labute approximate surface area is 144 Å². The number of carbonyl (C=O) groups excluding carboxylic acids is 2. The molecule has 0 atom stereocenters. The first-order valence-corrected chi connectivity index (χ1v) is 8.27. The first kappa shape index (κ1) is 17.4. The highest BCUT2D eigenvalue weighted by atomic mass is 35.5. The fraction of sp³-hybridized carbons (Fsp3) is 0.176. The summed E-state index contributed by atoms with van der Waals surface area (Å²) < 4.78 is 5.28. The SMILES string of the molecule is CC(=O)Nc1ccc(SCC(=O)Oc2cc(C)ccc2Cl)cc1. The monoisotopic (exact) mass is 349 g/mol. The molecule has 2 rings (SSSR count). The van der Waals surface area contributed by atoms with Crippen molar-refractivity contribution >= 4 is 40.9 Å². The van der Waals surface area contributed by atoms with E-state index in [1.807, 2.05) is 25.1 Å². The number of anilines is 1. The minimum Gasteiger partial charge on any atom is -0.424 e. The predicted octanol–water partition coefficient (Wildman–Crippen LogP) is 4.30. The third-order valence-corrected chi connectivity index (χ3v) is 4.14. The summed E-state index contributed by atoms with van der Waals surface area (Å²) in [5.74, 6) is 0.0553. The molecule has 0 saturated heterocycles. The van der Waals surface area contributed by atoms with E-state index in [0.717, 1.165) is 16.1 Å². The maximum absolute atomic E-state index is 11.9. The number of hydrogen-bond donors (Lipinski definition) is 1. The molecule has 2 aromatic rings. The number of halogens is 1. The molecule has 120 valence electrons. The molecule has 1 amide bonds. The molecule has 0 aliphatic carbocycles. The zero-order valence-electron chi connectivity index (χ0n) is 12.8. The first-order chi connectivity index (χ1) is 10.9. The molecule has 0 heterocycles. The Kier molecular flexibility index (Phi) is 6.07. The van der Waals surface area contributed by atoms with Crippen LogP contribution in [-0.2, 0) is 9.59 Å². The van der Waals surface area contributed by atoms with Crippen molar-refractivity contribution in [1.29, 1.82) is 0 Å². The van der Waals surface area contributed by atoms with Crippen molar-refractivity contribution in [3.8, 4) is 5.75 Å². The minimum absolute atomic E-state index is 0.121. The lowest BCUT2D eigenvalue weighted by Crippen LogP contribution is -2.11. The van der Waals surface area contributed by atoms with Gasteiger partial charge in [-0.05, 0) is 48.9 Å².